The summed E-state index contributed by atoms with van der Waals surface area (Å²) < 4.78 is 1.05. The van der Waals surface area contributed by atoms with Gasteiger partial charge in [-0.25, -0.2) is 0 Å². The second-order valence-electron chi connectivity index (χ2n) is 3.91. The van der Waals surface area contributed by atoms with Crippen molar-refractivity contribution in [3.63, 3.8) is 0 Å². The first kappa shape index (κ1) is 13.4. The van der Waals surface area contributed by atoms with Gasteiger partial charge in [0.05, 0.1) is 0 Å². The topological polar surface area (TPSA) is 37.8 Å². The molecule has 1 aromatic carbocycles. The monoisotopic (exact) mass is 279 g/mol. The first-order chi connectivity index (χ1) is 8.88. The number of hydrogen-bond acceptors (Lipinski definition) is 5. The zero-order valence-electron chi connectivity index (χ0n) is 10.4. The fourth-order valence-corrected chi connectivity index (χ4v) is 3.32. The molecule has 2 rings (SSSR count). The Balaban J connectivity index is 1.80. The molecule has 0 amide bonds. The van der Waals surface area contributed by atoms with E-state index in [9.17, 15) is 0 Å². The molecule has 1 N–H and O–H groups in total. The summed E-state index contributed by atoms with van der Waals surface area (Å²) in [7, 11) is 0. The third-order valence-corrected chi connectivity index (χ3v) is 4.52. The molecule has 0 atom stereocenters. The van der Waals surface area contributed by atoms with Gasteiger partial charge in [-0.1, -0.05) is 66.8 Å². The van der Waals surface area contributed by atoms with E-state index >= 15 is 0 Å². The molecule has 0 aliphatic rings. The minimum atomic E-state index is 0.801. The number of unbranched alkanes of at least 4 members (excludes halogenated alkanes) is 1. The Bertz CT molecular complexity index is 456. The van der Waals surface area contributed by atoms with Gasteiger partial charge in [-0.15, -0.1) is 10.2 Å². The van der Waals surface area contributed by atoms with E-state index in [0.717, 1.165) is 21.8 Å². The molecule has 0 bridgehead atoms. The van der Waals surface area contributed by atoms with E-state index < -0.39 is 0 Å². The van der Waals surface area contributed by atoms with Crippen molar-refractivity contribution in [3.05, 3.63) is 35.9 Å². The van der Waals surface area contributed by atoms with Crippen LogP contribution in [0.2, 0.25) is 0 Å². The summed E-state index contributed by atoms with van der Waals surface area (Å²) in [5.74, 6) is 1.13. The van der Waals surface area contributed by atoms with E-state index in [1.54, 1.807) is 23.1 Å². The van der Waals surface area contributed by atoms with Crippen molar-refractivity contribution >= 4 is 28.2 Å². The first-order valence-corrected chi connectivity index (χ1v) is 7.93. The van der Waals surface area contributed by atoms with Crippen LogP contribution in [0.15, 0.2) is 34.7 Å². The van der Waals surface area contributed by atoms with Crippen molar-refractivity contribution in [2.24, 2.45) is 0 Å². The van der Waals surface area contributed by atoms with E-state index in [4.69, 9.17) is 0 Å². The maximum absolute atomic E-state index is 4.17. The standard InChI is InChI=1S/C13H17N3S2/c1-2-3-9-17-13-16-15-12(18-13)14-10-11-7-5-4-6-8-11/h4-8H,2-3,9-10H2,1H3,(H,14,15). The van der Waals surface area contributed by atoms with E-state index in [1.807, 2.05) is 18.2 Å². The van der Waals surface area contributed by atoms with Crippen LogP contribution in [0.5, 0.6) is 0 Å². The van der Waals surface area contributed by atoms with Gasteiger partial charge >= 0.3 is 0 Å². The van der Waals surface area contributed by atoms with Crippen molar-refractivity contribution in [1.82, 2.24) is 10.2 Å². The maximum atomic E-state index is 4.17. The smallest absolute Gasteiger partial charge is 0.206 e. The Morgan fingerprint density at radius 3 is 2.83 bits per heavy atom. The van der Waals surface area contributed by atoms with Crippen LogP contribution in [0.3, 0.4) is 0 Å². The average Bonchev–Trinajstić information content (AvgIpc) is 2.86. The largest absolute Gasteiger partial charge is 0.356 e. The Labute approximate surface area is 116 Å². The molecular weight excluding hydrogens is 262 g/mol. The molecule has 2 aromatic rings. The Morgan fingerprint density at radius 2 is 2.06 bits per heavy atom. The van der Waals surface area contributed by atoms with Crippen molar-refractivity contribution in [2.75, 3.05) is 11.1 Å². The predicted molar refractivity (Wildman–Crippen MR) is 79.3 cm³/mol. The highest BCUT2D eigenvalue weighted by Crippen LogP contribution is 2.26. The van der Waals surface area contributed by atoms with Gasteiger partial charge in [0, 0.05) is 12.3 Å². The molecule has 0 spiro atoms. The van der Waals surface area contributed by atoms with Crippen molar-refractivity contribution in [3.8, 4) is 0 Å². The van der Waals surface area contributed by atoms with Crippen LogP contribution in [-0.2, 0) is 6.54 Å². The Kier molecular flexibility index (Phi) is 5.48. The first-order valence-electron chi connectivity index (χ1n) is 6.12. The summed E-state index contributed by atoms with van der Waals surface area (Å²) in [5, 5.41) is 12.5. The minimum absolute atomic E-state index is 0.801. The number of nitrogens with one attached hydrogen (secondary N) is 1. The molecule has 5 heteroatoms. The lowest BCUT2D eigenvalue weighted by molar-refractivity contribution is 0.894. The van der Waals surface area contributed by atoms with Gasteiger partial charge in [-0.2, -0.15) is 0 Å². The van der Waals surface area contributed by atoms with Gasteiger partial charge in [0.1, 0.15) is 0 Å². The Hall–Kier alpha value is -1.07. The van der Waals surface area contributed by atoms with Crippen molar-refractivity contribution in [2.45, 2.75) is 30.6 Å². The highest BCUT2D eigenvalue weighted by Gasteiger charge is 2.03. The lowest BCUT2D eigenvalue weighted by atomic mass is 10.2. The summed E-state index contributed by atoms with van der Waals surface area (Å²) in [6.45, 7) is 3.00. The fourth-order valence-electron chi connectivity index (χ4n) is 1.42. The van der Waals surface area contributed by atoms with Crippen molar-refractivity contribution in [1.29, 1.82) is 0 Å². The van der Waals surface area contributed by atoms with E-state index in [1.165, 1.54) is 18.4 Å². The van der Waals surface area contributed by atoms with Crippen LogP contribution in [-0.4, -0.2) is 16.0 Å². The van der Waals surface area contributed by atoms with Crippen LogP contribution in [0, 0.1) is 0 Å². The normalized spacial score (nSPS) is 10.5. The molecule has 1 aromatic heterocycles. The number of anilines is 1. The molecule has 0 fully saturated rings. The second-order valence-corrected chi connectivity index (χ2v) is 6.23. The predicted octanol–water partition coefficient (Wildman–Crippen LogP) is 4.04. The quantitative estimate of drug-likeness (QED) is 0.613. The molecule has 0 saturated heterocycles. The minimum Gasteiger partial charge on any atom is -0.356 e. The van der Waals surface area contributed by atoms with E-state index in [2.05, 4.69) is 34.6 Å². The average molecular weight is 279 g/mol. The number of benzene rings is 1. The second kappa shape index (κ2) is 7.38. The molecule has 96 valence electrons. The summed E-state index contributed by atoms with van der Waals surface area (Å²) in [6.07, 6.45) is 2.46. The number of nitrogens with zero attached hydrogens (tertiary/aromatic N) is 2. The van der Waals surface area contributed by atoms with Gasteiger partial charge in [-0.3, -0.25) is 0 Å². The third-order valence-electron chi connectivity index (χ3n) is 2.42. The summed E-state index contributed by atoms with van der Waals surface area (Å²) >= 11 is 3.42. The fraction of sp³-hybridized carbons (Fsp3) is 0.385. The van der Waals surface area contributed by atoms with Gasteiger partial charge < -0.3 is 5.32 Å². The lowest BCUT2D eigenvalue weighted by Gasteiger charge is -2.00. The maximum Gasteiger partial charge on any atom is 0.206 e. The molecular formula is C13H17N3S2. The lowest BCUT2D eigenvalue weighted by Crippen LogP contribution is -1.98. The summed E-state index contributed by atoms with van der Waals surface area (Å²) in [6, 6.07) is 10.3. The van der Waals surface area contributed by atoms with Crippen LogP contribution in [0.4, 0.5) is 5.13 Å². The number of rotatable bonds is 7. The molecule has 3 nitrogen and oxygen atoms in total. The molecule has 18 heavy (non-hydrogen) atoms. The van der Waals surface area contributed by atoms with Gasteiger partial charge in [-0.05, 0) is 12.0 Å². The SMILES string of the molecule is CCCCSc1nnc(NCc2ccccc2)s1. The Morgan fingerprint density at radius 1 is 1.22 bits per heavy atom. The van der Waals surface area contributed by atoms with Crippen LogP contribution in [0.25, 0.3) is 0 Å². The number of aromatic nitrogens is 2. The molecule has 0 aliphatic carbocycles. The van der Waals surface area contributed by atoms with Gasteiger partial charge in [0.25, 0.3) is 0 Å². The molecule has 0 saturated carbocycles. The highest BCUT2D eigenvalue weighted by molar-refractivity contribution is 8.01. The zero-order chi connectivity index (χ0) is 12.6. The number of thioether (sulfide) groups is 1. The van der Waals surface area contributed by atoms with Crippen LogP contribution < -0.4 is 5.32 Å². The molecule has 0 radical (unpaired) electrons. The third kappa shape index (κ3) is 4.31. The molecule has 1 heterocycles. The van der Waals surface area contributed by atoms with Gasteiger partial charge in [0.15, 0.2) is 4.34 Å². The van der Waals surface area contributed by atoms with E-state index in [0.29, 0.717) is 0 Å². The summed E-state index contributed by atoms with van der Waals surface area (Å²) in [5.41, 5.74) is 1.26. The summed E-state index contributed by atoms with van der Waals surface area (Å²) in [4.78, 5) is 0. The van der Waals surface area contributed by atoms with E-state index in [-0.39, 0.29) is 0 Å². The van der Waals surface area contributed by atoms with Gasteiger partial charge in [0.2, 0.25) is 5.13 Å². The van der Waals surface area contributed by atoms with Crippen LogP contribution in [0.1, 0.15) is 25.3 Å². The highest BCUT2D eigenvalue weighted by atomic mass is 32.2. The number of hydrogen-bond donors (Lipinski definition) is 1. The zero-order valence-corrected chi connectivity index (χ0v) is 12.1. The molecule has 0 aliphatic heterocycles. The van der Waals surface area contributed by atoms with Crippen molar-refractivity contribution < 1.29 is 0 Å². The van der Waals surface area contributed by atoms with Crippen LogP contribution >= 0.6 is 23.1 Å². The molecule has 0 unspecified atom stereocenters.